The summed E-state index contributed by atoms with van der Waals surface area (Å²) in [7, 11) is 1.65. The van der Waals surface area contributed by atoms with Crippen LogP contribution in [0.4, 0.5) is 5.69 Å². The van der Waals surface area contributed by atoms with Crippen molar-refractivity contribution in [1.82, 2.24) is 0 Å². The molecule has 0 aliphatic carbocycles. The number of hydrogen-bond acceptors (Lipinski definition) is 5. The van der Waals surface area contributed by atoms with Crippen LogP contribution in [-0.4, -0.2) is 46.8 Å². The summed E-state index contributed by atoms with van der Waals surface area (Å²) >= 11 is 0. The van der Waals surface area contributed by atoms with Crippen molar-refractivity contribution in [3.05, 3.63) is 23.8 Å². The molecule has 0 atom stereocenters. The summed E-state index contributed by atoms with van der Waals surface area (Å²) in [5.74, 6) is 0.842. The number of nitrogen functional groups attached to an aromatic ring is 1. The van der Waals surface area contributed by atoms with E-state index in [1.54, 1.807) is 7.11 Å². The average molecular weight is 269 g/mol. The first-order valence-electron chi connectivity index (χ1n) is 6.37. The molecule has 0 spiro atoms. The van der Waals surface area contributed by atoms with Gasteiger partial charge in [0.2, 0.25) is 0 Å². The van der Waals surface area contributed by atoms with E-state index in [2.05, 4.69) is 0 Å². The van der Waals surface area contributed by atoms with Crippen molar-refractivity contribution in [2.24, 2.45) is 0 Å². The third-order valence-corrected chi connectivity index (χ3v) is 2.49. The molecule has 0 unspecified atom stereocenters. The molecule has 5 nitrogen and oxygen atoms in total. The third kappa shape index (κ3) is 7.00. The highest BCUT2D eigenvalue weighted by Crippen LogP contribution is 2.19. The first-order valence-corrected chi connectivity index (χ1v) is 6.37. The molecular weight excluding hydrogens is 246 g/mol. The van der Waals surface area contributed by atoms with Crippen LogP contribution in [0.1, 0.15) is 5.56 Å². The fourth-order valence-electron chi connectivity index (χ4n) is 1.51. The maximum Gasteiger partial charge on any atom is 0.122 e. The summed E-state index contributed by atoms with van der Waals surface area (Å²) in [6, 6.07) is 5.59. The minimum absolute atomic E-state index is 0.517. The number of nitrogens with two attached hydrogens (primary N) is 1. The topological polar surface area (TPSA) is 62.9 Å². The van der Waals surface area contributed by atoms with Gasteiger partial charge in [-0.2, -0.15) is 0 Å². The SMILES string of the molecule is COCCOCCOCCOc1ccc(N)cc1C. The Balaban J connectivity index is 2.01. The van der Waals surface area contributed by atoms with Crippen LogP contribution in [0.15, 0.2) is 18.2 Å². The highest BCUT2D eigenvalue weighted by atomic mass is 16.6. The van der Waals surface area contributed by atoms with E-state index in [0.717, 1.165) is 17.0 Å². The molecule has 1 rings (SSSR count). The molecule has 0 heterocycles. The molecular formula is C14H23NO4. The molecule has 0 amide bonds. The van der Waals surface area contributed by atoms with Gasteiger partial charge in [-0.25, -0.2) is 0 Å². The molecule has 0 aliphatic rings. The zero-order chi connectivity index (χ0) is 13.9. The highest BCUT2D eigenvalue weighted by molar-refractivity contribution is 5.47. The molecule has 2 N–H and O–H groups in total. The summed E-state index contributed by atoms with van der Waals surface area (Å²) in [5.41, 5.74) is 7.44. The van der Waals surface area contributed by atoms with Gasteiger partial charge in [-0.05, 0) is 30.7 Å². The fraction of sp³-hybridized carbons (Fsp3) is 0.571. The molecule has 0 bridgehead atoms. The number of hydrogen-bond donors (Lipinski definition) is 1. The predicted molar refractivity (Wildman–Crippen MR) is 74.6 cm³/mol. The normalized spacial score (nSPS) is 10.6. The van der Waals surface area contributed by atoms with Crippen molar-refractivity contribution in [3.63, 3.8) is 0 Å². The number of rotatable bonds is 10. The summed E-state index contributed by atoms with van der Waals surface area (Å²) in [6.45, 7) is 5.37. The van der Waals surface area contributed by atoms with Crippen molar-refractivity contribution >= 4 is 5.69 Å². The maximum absolute atomic E-state index is 5.67. The first kappa shape index (κ1) is 15.8. The average Bonchev–Trinajstić information content (AvgIpc) is 2.39. The van der Waals surface area contributed by atoms with Gasteiger partial charge in [0, 0.05) is 12.8 Å². The second kappa shape index (κ2) is 9.61. The van der Waals surface area contributed by atoms with Crippen molar-refractivity contribution in [3.8, 4) is 5.75 Å². The third-order valence-electron chi connectivity index (χ3n) is 2.49. The Bertz CT molecular complexity index is 357. The molecule has 0 saturated carbocycles. The van der Waals surface area contributed by atoms with Crippen LogP contribution < -0.4 is 10.5 Å². The van der Waals surface area contributed by atoms with Crippen LogP contribution in [0.2, 0.25) is 0 Å². The molecule has 1 aromatic rings. The predicted octanol–water partition coefficient (Wildman–Crippen LogP) is 1.64. The van der Waals surface area contributed by atoms with Crippen LogP contribution in [0.3, 0.4) is 0 Å². The smallest absolute Gasteiger partial charge is 0.122 e. The minimum atomic E-state index is 0.517. The van der Waals surface area contributed by atoms with Crippen LogP contribution in [0.25, 0.3) is 0 Å². The lowest BCUT2D eigenvalue weighted by molar-refractivity contribution is 0.0179. The highest BCUT2D eigenvalue weighted by Gasteiger charge is 1.99. The lowest BCUT2D eigenvalue weighted by Gasteiger charge is -2.10. The number of aryl methyl sites for hydroxylation is 1. The van der Waals surface area contributed by atoms with Gasteiger partial charge in [0.25, 0.3) is 0 Å². The van der Waals surface area contributed by atoms with Crippen LogP contribution in [0, 0.1) is 6.92 Å². The van der Waals surface area contributed by atoms with E-state index >= 15 is 0 Å². The Kier molecular flexibility index (Phi) is 7.97. The van der Waals surface area contributed by atoms with Gasteiger partial charge in [-0.1, -0.05) is 0 Å². The molecule has 108 valence electrons. The van der Waals surface area contributed by atoms with E-state index in [0.29, 0.717) is 39.6 Å². The fourth-order valence-corrected chi connectivity index (χ4v) is 1.51. The van der Waals surface area contributed by atoms with E-state index in [4.69, 9.17) is 24.7 Å². The van der Waals surface area contributed by atoms with Crippen molar-refractivity contribution in [2.45, 2.75) is 6.92 Å². The van der Waals surface area contributed by atoms with Crippen LogP contribution >= 0.6 is 0 Å². The summed E-state index contributed by atoms with van der Waals surface area (Å²) in [5, 5.41) is 0. The lowest BCUT2D eigenvalue weighted by Crippen LogP contribution is -2.12. The molecule has 5 heteroatoms. The summed E-state index contributed by atoms with van der Waals surface area (Å²) in [6.07, 6.45) is 0. The molecule has 0 aromatic heterocycles. The van der Waals surface area contributed by atoms with Gasteiger partial charge in [0.05, 0.1) is 33.0 Å². The second-order valence-electron chi connectivity index (χ2n) is 4.09. The van der Waals surface area contributed by atoms with Gasteiger partial charge in [-0.3, -0.25) is 0 Å². The Morgan fingerprint density at radius 1 is 0.947 bits per heavy atom. The Hall–Kier alpha value is -1.30. The van der Waals surface area contributed by atoms with Gasteiger partial charge >= 0.3 is 0 Å². The van der Waals surface area contributed by atoms with Crippen molar-refractivity contribution < 1.29 is 18.9 Å². The largest absolute Gasteiger partial charge is 0.491 e. The maximum atomic E-state index is 5.67. The van der Waals surface area contributed by atoms with Crippen LogP contribution in [0.5, 0.6) is 5.75 Å². The van der Waals surface area contributed by atoms with E-state index in [1.807, 2.05) is 25.1 Å². The summed E-state index contributed by atoms with van der Waals surface area (Å²) < 4.78 is 21.1. The Morgan fingerprint density at radius 2 is 1.58 bits per heavy atom. The zero-order valence-electron chi connectivity index (χ0n) is 11.7. The number of methoxy groups -OCH3 is 1. The molecule has 1 aromatic carbocycles. The van der Waals surface area contributed by atoms with Gasteiger partial charge < -0.3 is 24.7 Å². The molecule has 0 radical (unpaired) electrons. The monoisotopic (exact) mass is 269 g/mol. The lowest BCUT2D eigenvalue weighted by atomic mass is 10.2. The van der Waals surface area contributed by atoms with Gasteiger partial charge in [0.1, 0.15) is 12.4 Å². The Labute approximate surface area is 114 Å². The van der Waals surface area contributed by atoms with E-state index < -0.39 is 0 Å². The number of anilines is 1. The first-order chi connectivity index (χ1) is 9.24. The van der Waals surface area contributed by atoms with E-state index in [9.17, 15) is 0 Å². The number of benzene rings is 1. The zero-order valence-corrected chi connectivity index (χ0v) is 11.7. The second-order valence-corrected chi connectivity index (χ2v) is 4.09. The standard InChI is InChI=1S/C14H23NO4/c1-12-11-13(15)3-4-14(12)19-10-9-18-8-7-17-6-5-16-2/h3-4,11H,5-10,15H2,1-2H3. The Morgan fingerprint density at radius 3 is 2.21 bits per heavy atom. The summed E-state index contributed by atoms with van der Waals surface area (Å²) in [4.78, 5) is 0. The number of ether oxygens (including phenoxy) is 4. The van der Waals surface area contributed by atoms with Crippen molar-refractivity contribution in [2.75, 3.05) is 52.5 Å². The van der Waals surface area contributed by atoms with Crippen molar-refractivity contribution in [1.29, 1.82) is 0 Å². The van der Waals surface area contributed by atoms with Gasteiger partial charge in [-0.15, -0.1) is 0 Å². The van der Waals surface area contributed by atoms with Crippen LogP contribution in [-0.2, 0) is 14.2 Å². The molecule has 0 fully saturated rings. The molecule has 0 saturated heterocycles. The van der Waals surface area contributed by atoms with Gasteiger partial charge in [0.15, 0.2) is 0 Å². The molecule has 0 aliphatic heterocycles. The van der Waals surface area contributed by atoms with E-state index in [1.165, 1.54) is 0 Å². The minimum Gasteiger partial charge on any atom is -0.491 e. The quantitative estimate of drug-likeness (QED) is 0.517. The van der Waals surface area contributed by atoms with E-state index in [-0.39, 0.29) is 0 Å². The molecule has 19 heavy (non-hydrogen) atoms.